The van der Waals surface area contributed by atoms with Crippen molar-refractivity contribution in [1.29, 1.82) is 0 Å². The van der Waals surface area contributed by atoms with E-state index in [2.05, 4.69) is 0 Å². The van der Waals surface area contributed by atoms with Gasteiger partial charge >= 0.3 is 0 Å². The van der Waals surface area contributed by atoms with Gasteiger partial charge in [0.2, 0.25) is 0 Å². The standard InChI is InChI=1S/C23H15Cl2NO3/c24-16-8-6-15(7-9-16)21(27)19-20(14-4-2-1-3-5-14)26(23(29)22(19)28)18-12-10-17(25)11-13-18/h1-13,20,27H/b21-19+. The lowest BCUT2D eigenvalue weighted by molar-refractivity contribution is -0.132. The van der Waals surface area contributed by atoms with Crippen molar-refractivity contribution in [2.45, 2.75) is 6.04 Å². The molecule has 29 heavy (non-hydrogen) atoms. The number of aliphatic hydroxyl groups is 1. The van der Waals surface area contributed by atoms with E-state index in [1.165, 1.54) is 4.90 Å². The maximum atomic E-state index is 13.0. The molecule has 6 heteroatoms. The van der Waals surface area contributed by atoms with Crippen LogP contribution in [0.25, 0.3) is 5.76 Å². The molecule has 4 rings (SSSR count). The number of carbonyl (C=O) groups excluding carboxylic acids is 2. The van der Waals surface area contributed by atoms with Gasteiger partial charge in [-0.25, -0.2) is 0 Å². The van der Waals surface area contributed by atoms with Crippen molar-refractivity contribution in [3.63, 3.8) is 0 Å². The molecule has 0 saturated carbocycles. The number of benzene rings is 3. The lowest BCUT2D eigenvalue weighted by Crippen LogP contribution is -2.29. The molecular formula is C23H15Cl2NO3. The number of carbonyl (C=O) groups is 2. The molecule has 1 amide bonds. The maximum Gasteiger partial charge on any atom is 0.300 e. The summed E-state index contributed by atoms with van der Waals surface area (Å²) in [5, 5.41) is 12.0. The van der Waals surface area contributed by atoms with Crippen LogP contribution >= 0.6 is 23.2 Å². The number of amides is 1. The van der Waals surface area contributed by atoms with Crippen LogP contribution in [0.2, 0.25) is 10.0 Å². The molecule has 0 aliphatic carbocycles. The van der Waals surface area contributed by atoms with Gasteiger partial charge in [-0.15, -0.1) is 0 Å². The molecule has 3 aromatic carbocycles. The van der Waals surface area contributed by atoms with Crippen molar-refractivity contribution < 1.29 is 14.7 Å². The molecule has 1 aliphatic heterocycles. The van der Waals surface area contributed by atoms with Crippen LogP contribution in [0.15, 0.2) is 84.4 Å². The fourth-order valence-corrected chi connectivity index (χ4v) is 3.67. The predicted octanol–water partition coefficient (Wildman–Crippen LogP) is 5.62. The Morgan fingerprint density at radius 1 is 0.793 bits per heavy atom. The molecule has 1 saturated heterocycles. The lowest BCUT2D eigenvalue weighted by atomic mass is 9.95. The van der Waals surface area contributed by atoms with Gasteiger partial charge in [0, 0.05) is 21.3 Å². The molecule has 3 aromatic rings. The molecule has 0 bridgehead atoms. The number of ketones is 1. The first kappa shape index (κ1) is 19.2. The summed E-state index contributed by atoms with van der Waals surface area (Å²) in [6.45, 7) is 0. The van der Waals surface area contributed by atoms with E-state index in [0.29, 0.717) is 26.9 Å². The Bertz CT molecular complexity index is 1110. The molecular weight excluding hydrogens is 409 g/mol. The molecule has 1 N–H and O–H groups in total. The smallest absolute Gasteiger partial charge is 0.300 e. The fourth-order valence-electron chi connectivity index (χ4n) is 3.41. The van der Waals surface area contributed by atoms with Gasteiger partial charge in [-0.1, -0.05) is 53.5 Å². The third kappa shape index (κ3) is 3.53. The topological polar surface area (TPSA) is 57.6 Å². The van der Waals surface area contributed by atoms with Crippen molar-refractivity contribution in [1.82, 2.24) is 0 Å². The van der Waals surface area contributed by atoms with Gasteiger partial charge in [-0.05, 0) is 54.1 Å². The minimum Gasteiger partial charge on any atom is -0.507 e. The van der Waals surface area contributed by atoms with Gasteiger partial charge in [-0.2, -0.15) is 0 Å². The van der Waals surface area contributed by atoms with Gasteiger partial charge in [0.15, 0.2) is 0 Å². The molecule has 0 spiro atoms. The molecule has 1 fully saturated rings. The summed E-state index contributed by atoms with van der Waals surface area (Å²) in [6.07, 6.45) is 0. The highest BCUT2D eigenvalue weighted by Crippen LogP contribution is 2.42. The van der Waals surface area contributed by atoms with Crippen molar-refractivity contribution in [2.75, 3.05) is 4.90 Å². The maximum absolute atomic E-state index is 13.0. The van der Waals surface area contributed by atoms with Crippen LogP contribution in [-0.2, 0) is 9.59 Å². The number of hydrogen-bond donors (Lipinski definition) is 1. The van der Waals surface area contributed by atoms with E-state index in [4.69, 9.17) is 23.2 Å². The van der Waals surface area contributed by atoms with Crippen LogP contribution in [0.3, 0.4) is 0 Å². The van der Waals surface area contributed by atoms with Gasteiger partial charge in [0.25, 0.3) is 11.7 Å². The molecule has 4 nitrogen and oxygen atoms in total. The number of halogens is 2. The summed E-state index contributed by atoms with van der Waals surface area (Å²) < 4.78 is 0. The van der Waals surface area contributed by atoms with Crippen molar-refractivity contribution >= 4 is 46.3 Å². The van der Waals surface area contributed by atoms with E-state index in [9.17, 15) is 14.7 Å². The predicted molar refractivity (Wildman–Crippen MR) is 114 cm³/mol. The van der Waals surface area contributed by atoms with Crippen molar-refractivity contribution in [3.05, 3.63) is 106 Å². The molecule has 1 heterocycles. The zero-order chi connectivity index (χ0) is 20.5. The number of nitrogens with zero attached hydrogens (tertiary/aromatic N) is 1. The van der Waals surface area contributed by atoms with E-state index in [1.54, 1.807) is 48.5 Å². The highest BCUT2D eigenvalue weighted by molar-refractivity contribution is 6.51. The van der Waals surface area contributed by atoms with E-state index < -0.39 is 17.7 Å². The Morgan fingerprint density at radius 2 is 1.34 bits per heavy atom. The van der Waals surface area contributed by atoms with E-state index in [1.807, 2.05) is 30.3 Å². The number of anilines is 1. The Morgan fingerprint density at radius 3 is 1.93 bits per heavy atom. The molecule has 0 aromatic heterocycles. The zero-order valence-electron chi connectivity index (χ0n) is 15.0. The average Bonchev–Trinajstić information content (AvgIpc) is 3.00. The Hall–Kier alpha value is -3.08. The number of hydrogen-bond acceptors (Lipinski definition) is 3. The van der Waals surface area contributed by atoms with Crippen LogP contribution in [-0.4, -0.2) is 16.8 Å². The summed E-state index contributed by atoms with van der Waals surface area (Å²) in [5.74, 6) is -1.71. The van der Waals surface area contributed by atoms with E-state index >= 15 is 0 Å². The number of aliphatic hydroxyl groups excluding tert-OH is 1. The summed E-state index contributed by atoms with van der Waals surface area (Å²) >= 11 is 11.9. The number of rotatable bonds is 3. The highest BCUT2D eigenvalue weighted by Gasteiger charge is 2.46. The monoisotopic (exact) mass is 423 g/mol. The van der Waals surface area contributed by atoms with Crippen molar-refractivity contribution in [3.8, 4) is 0 Å². The summed E-state index contributed by atoms with van der Waals surface area (Å²) in [7, 11) is 0. The normalized spacial score (nSPS) is 18.3. The summed E-state index contributed by atoms with van der Waals surface area (Å²) in [4.78, 5) is 27.3. The summed E-state index contributed by atoms with van der Waals surface area (Å²) in [5.41, 5.74) is 1.65. The van der Waals surface area contributed by atoms with Gasteiger partial charge in [-0.3, -0.25) is 14.5 Å². The van der Waals surface area contributed by atoms with Crippen LogP contribution in [0.5, 0.6) is 0 Å². The Balaban J connectivity index is 1.93. The van der Waals surface area contributed by atoms with E-state index in [0.717, 1.165) is 0 Å². The second kappa shape index (κ2) is 7.74. The van der Waals surface area contributed by atoms with Gasteiger partial charge in [0.05, 0.1) is 11.6 Å². The summed E-state index contributed by atoms with van der Waals surface area (Å²) in [6, 6.07) is 21.4. The second-order valence-corrected chi connectivity index (χ2v) is 7.44. The number of Topliss-reactive ketones (excluding diaryl/α,β-unsaturated/α-hetero) is 1. The largest absolute Gasteiger partial charge is 0.507 e. The highest BCUT2D eigenvalue weighted by atomic mass is 35.5. The van der Waals surface area contributed by atoms with Crippen LogP contribution in [0, 0.1) is 0 Å². The van der Waals surface area contributed by atoms with Crippen LogP contribution in [0.4, 0.5) is 5.69 Å². The zero-order valence-corrected chi connectivity index (χ0v) is 16.6. The minimum atomic E-state index is -0.770. The average molecular weight is 424 g/mol. The molecule has 0 radical (unpaired) electrons. The Kier molecular flexibility index (Phi) is 5.14. The van der Waals surface area contributed by atoms with E-state index in [-0.39, 0.29) is 11.3 Å². The van der Waals surface area contributed by atoms with Crippen LogP contribution < -0.4 is 4.90 Å². The SMILES string of the molecule is O=C1C(=O)N(c2ccc(Cl)cc2)C(c2ccccc2)/C1=C(\O)c1ccc(Cl)cc1. The second-order valence-electron chi connectivity index (χ2n) is 6.56. The first-order chi connectivity index (χ1) is 14.0. The first-order valence-corrected chi connectivity index (χ1v) is 9.60. The fraction of sp³-hybridized carbons (Fsp3) is 0.0435. The van der Waals surface area contributed by atoms with Gasteiger partial charge < -0.3 is 5.11 Å². The first-order valence-electron chi connectivity index (χ1n) is 8.85. The third-order valence-corrected chi connectivity index (χ3v) is 5.29. The molecule has 1 aliphatic rings. The lowest BCUT2D eigenvalue weighted by Gasteiger charge is -2.25. The quantitative estimate of drug-likeness (QED) is 0.337. The molecule has 144 valence electrons. The molecule has 1 atom stereocenters. The minimum absolute atomic E-state index is 0.0264. The Labute approximate surface area is 177 Å². The molecule has 1 unspecified atom stereocenters. The third-order valence-electron chi connectivity index (χ3n) is 4.78. The van der Waals surface area contributed by atoms with Crippen molar-refractivity contribution in [2.24, 2.45) is 0 Å². The van der Waals surface area contributed by atoms with Gasteiger partial charge in [0.1, 0.15) is 5.76 Å². The van der Waals surface area contributed by atoms with Crippen LogP contribution in [0.1, 0.15) is 17.2 Å².